The Morgan fingerprint density at radius 3 is 2.88 bits per heavy atom. The highest BCUT2D eigenvalue weighted by Gasteiger charge is 2.00. The molecule has 1 aromatic carbocycles. The molecule has 1 rings (SSSR count). The first kappa shape index (κ1) is 13.0. The molecule has 2 heteroatoms. The van der Waals surface area contributed by atoms with Crippen LogP contribution < -0.4 is 10.1 Å². The van der Waals surface area contributed by atoms with Crippen molar-refractivity contribution in [3.05, 3.63) is 29.8 Å². The Bertz CT molecular complexity index is 299. The van der Waals surface area contributed by atoms with Crippen LogP contribution in [0.2, 0.25) is 0 Å². The summed E-state index contributed by atoms with van der Waals surface area (Å²) in [5, 5.41) is 3.25. The minimum absolute atomic E-state index is 0.570. The van der Waals surface area contributed by atoms with E-state index in [4.69, 9.17) is 4.74 Å². The molecule has 0 saturated carbocycles. The predicted molar refractivity (Wildman–Crippen MR) is 69.1 cm³/mol. The van der Waals surface area contributed by atoms with Crippen molar-refractivity contribution in [1.29, 1.82) is 0 Å². The van der Waals surface area contributed by atoms with Crippen molar-refractivity contribution in [2.45, 2.75) is 39.2 Å². The summed E-state index contributed by atoms with van der Waals surface area (Å²) < 4.78 is 5.61. The average Bonchev–Trinajstić information content (AvgIpc) is 2.34. The highest BCUT2D eigenvalue weighted by molar-refractivity contribution is 5.28. The molecule has 0 aliphatic rings. The summed E-state index contributed by atoms with van der Waals surface area (Å²) in [4.78, 5) is 0. The van der Waals surface area contributed by atoms with Crippen LogP contribution >= 0.6 is 0 Å². The Labute approximate surface area is 99.0 Å². The molecule has 0 aromatic heterocycles. The third-order valence-electron chi connectivity index (χ3n) is 2.73. The van der Waals surface area contributed by atoms with Gasteiger partial charge in [-0.3, -0.25) is 0 Å². The van der Waals surface area contributed by atoms with Crippen LogP contribution in [0.25, 0.3) is 0 Å². The van der Waals surface area contributed by atoms with Gasteiger partial charge in [0.1, 0.15) is 5.75 Å². The van der Waals surface area contributed by atoms with Crippen LogP contribution in [0, 0.1) is 0 Å². The van der Waals surface area contributed by atoms with Crippen molar-refractivity contribution in [3.8, 4) is 5.75 Å². The second-order valence-corrected chi connectivity index (χ2v) is 4.22. The predicted octanol–water partition coefficient (Wildman–Crippen LogP) is 3.02. The van der Waals surface area contributed by atoms with E-state index in [1.165, 1.54) is 5.56 Å². The summed E-state index contributed by atoms with van der Waals surface area (Å²) in [7, 11) is 2.01. The SMILES string of the molecule is CCCOc1cccc(CCC(C)NC)c1. The van der Waals surface area contributed by atoms with Crippen LogP contribution in [0.1, 0.15) is 32.3 Å². The zero-order chi connectivity index (χ0) is 11.8. The summed E-state index contributed by atoms with van der Waals surface area (Å²) >= 11 is 0. The van der Waals surface area contributed by atoms with Gasteiger partial charge in [0.05, 0.1) is 6.61 Å². The van der Waals surface area contributed by atoms with E-state index >= 15 is 0 Å². The first-order valence-corrected chi connectivity index (χ1v) is 6.15. The maximum atomic E-state index is 5.61. The van der Waals surface area contributed by atoms with Gasteiger partial charge in [0.25, 0.3) is 0 Å². The van der Waals surface area contributed by atoms with Crippen LogP contribution in [0.5, 0.6) is 5.75 Å². The maximum Gasteiger partial charge on any atom is 0.119 e. The minimum Gasteiger partial charge on any atom is -0.494 e. The number of benzene rings is 1. The van der Waals surface area contributed by atoms with Crippen LogP contribution in [0.4, 0.5) is 0 Å². The van der Waals surface area contributed by atoms with Gasteiger partial charge in [-0.25, -0.2) is 0 Å². The lowest BCUT2D eigenvalue weighted by molar-refractivity contribution is 0.317. The first-order chi connectivity index (χ1) is 7.76. The van der Waals surface area contributed by atoms with E-state index in [-0.39, 0.29) is 0 Å². The molecule has 0 saturated heterocycles. The van der Waals surface area contributed by atoms with Crippen molar-refractivity contribution >= 4 is 0 Å². The number of ether oxygens (including phenoxy) is 1. The Kier molecular flexibility index (Phi) is 5.94. The van der Waals surface area contributed by atoms with Gasteiger partial charge in [-0.15, -0.1) is 0 Å². The Hall–Kier alpha value is -1.02. The molecule has 0 amide bonds. The molecule has 0 bridgehead atoms. The monoisotopic (exact) mass is 221 g/mol. The van der Waals surface area contributed by atoms with Crippen molar-refractivity contribution in [2.75, 3.05) is 13.7 Å². The quantitative estimate of drug-likeness (QED) is 0.764. The molecule has 1 N–H and O–H groups in total. The molecule has 90 valence electrons. The molecule has 0 heterocycles. The topological polar surface area (TPSA) is 21.3 Å². The van der Waals surface area contributed by atoms with Crippen LogP contribution in [0.3, 0.4) is 0 Å². The Balaban J connectivity index is 2.46. The van der Waals surface area contributed by atoms with Gasteiger partial charge >= 0.3 is 0 Å². The van der Waals surface area contributed by atoms with Crippen LogP contribution in [0.15, 0.2) is 24.3 Å². The molecule has 0 radical (unpaired) electrons. The lowest BCUT2D eigenvalue weighted by Crippen LogP contribution is -2.21. The maximum absolute atomic E-state index is 5.61. The fourth-order valence-corrected chi connectivity index (χ4v) is 1.54. The van der Waals surface area contributed by atoms with Gasteiger partial charge in [-0.1, -0.05) is 19.1 Å². The average molecular weight is 221 g/mol. The zero-order valence-corrected chi connectivity index (χ0v) is 10.6. The second kappa shape index (κ2) is 7.29. The molecule has 16 heavy (non-hydrogen) atoms. The van der Waals surface area contributed by atoms with Gasteiger partial charge in [0, 0.05) is 6.04 Å². The van der Waals surface area contributed by atoms with Crippen molar-refractivity contribution in [3.63, 3.8) is 0 Å². The Morgan fingerprint density at radius 1 is 1.38 bits per heavy atom. The molecule has 0 aliphatic carbocycles. The van der Waals surface area contributed by atoms with Crippen LogP contribution in [-0.4, -0.2) is 19.7 Å². The minimum atomic E-state index is 0.570. The van der Waals surface area contributed by atoms with Gasteiger partial charge in [0.2, 0.25) is 0 Å². The first-order valence-electron chi connectivity index (χ1n) is 6.15. The van der Waals surface area contributed by atoms with E-state index in [0.717, 1.165) is 31.6 Å². The molecule has 0 spiro atoms. The fraction of sp³-hybridized carbons (Fsp3) is 0.571. The Morgan fingerprint density at radius 2 is 2.19 bits per heavy atom. The zero-order valence-electron chi connectivity index (χ0n) is 10.6. The van der Waals surface area contributed by atoms with Crippen molar-refractivity contribution < 1.29 is 4.74 Å². The third-order valence-corrected chi connectivity index (χ3v) is 2.73. The standard InChI is InChI=1S/C14H23NO/c1-4-10-16-14-7-5-6-13(11-14)9-8-12(2)15-3/h5-7,11-12,15H,4,8-10H2,1-3H3. The normalized spacial score (nSPS) is 12.4. The largest absolute Gasteiger partial charge is 0.494 e. The van der Waals surface area contributed by atoms with E-state index in [9.17, 15) is 0 Å². The molecular formula is C14H23NO. The van der Waals surface area contributed by atoms with Gasteiger partial charge < -0.3 is 10.1 Å². The number of hydrogen-bond donors (Lipinski definition) is 1. The van der Waals surface area contributed by atoms with E-state index in [1.807, 2.05) is 13.1 Å². The highest BCUT2D eigenvalue weighted by atomic mass is 16.5. The van der Waals surface area contributed by atoms with Crippen molar-refractivity contribution in [1.82, 2.24) is 5.32 Å². The number of aryl methyl sites for hydroxylation is 1. The molecular weight excluding hydrogens is 198 g/mol. The molecule has 1 unspecified atom stereocenters. The highest BCUT2D eigenvalue weighted by Crippen LogP contribution is 2.15. The molecule has 2 nitrogen and oxygen atoms in total. The fourth-order valence-electron chi connectivity index (χ4n) is 1.54. The van der Waals surface area contributed by atoms with Gasteiger partial charge in [-0.2, -0.15) is 0 Å². The number of nitrogens with one attached hydrogen (secondary N) is 1. The smallest absolute Gasteiger partial charge is 0.119 e. The summed E-state index contributed by atoms with van der Waals surface area (Å²) in [6.45, 7) is 5.13. The van der Waals surface area contributed by atoms with E-state index in [1.54, 1.807) is 0 Å². The van der Waals surface area contributed by atoms with Gasteiger partial charge in [-0.05, 0) is 50.9 Å². The molecule has 0 fully saturated rings. The number of rotatable bonds is 7. The summed E-state index contributed by atoms with van der Waals surface area (Å²) in [5.41, 5.74) is 1.36. The third kappa shape index (κ3) is 4.67. The van der Waals surface area contributed by atoms with E-state index in [0.29, 0.717) is 6.04 Å². The number of hydrogen-bond acceptors (Lipinski definition) is 2. The summed E-state index contributed by atoms with van der Waals surface area (Å²) in [5.74, 6) is 0.997. The molecule has 1 aromatic rings. The molecule has 0 aliphatic heterocycles. The summed E-state index contributed by atoms with van der Waals surface area (Å²) in [6.07, 6.45) is 3.32. The summed E-state index contributed by atoms with van der Waals surface area (Å²) in [6, 6.07) is 8.99. The van der Waals surface area contributed by atoms with E-state index < -0.39 is 0 Å². The van der Waals surface area contributed by atoms with Crippen LogP contribution in [-0.2, 0) is 6.42 Å². The van der Waals surface area contributed by atoms with Crippen molar-refractivity contribution in [2.24, 2.45) is 0 Å². The lowest BCUT2D eigenvalue weighted by Gasteiger charge is -2.10. The molecule has 1 atom stereocenters. The van der Waals surface area contributed by atoms with Gasteiger partial charge in [0.15, 0.2) is 0 Å². The second-order valence-electron chi connectivity index (χ2n) is 4.22. The lowest BCUT2D eigenvalue weighted by atomic mass is 10.1. The van der Waals surface area contributed by atoms with E-state index in [2.05, 4.69) is 37.4 Å².